The summed E-state index contributed by atoms with van der Waals surface area (Å²) in [5.41, 5.74) is 0.467. The molecule has 20 heavy (non-hydrogen) atoms. The van der Waals surface area contributed by atoms with Gasteiger partial charge in [0.25, 0.3) is 0 Å². The molecule has 114 valence electrons. The van der Waals surface area contributed by atoms with Crippen molar-refractivity contribution in [1.82, 2.24) is 0 Å². The Bertz CT molecular complexity index is 489. The summed E-state index contributed by atoms with van der Waals surface area (Å²) in [6.45, 7) is 0. The van der Waals surface area contributed by atoms with E-state index in [0.717, 1.165) is 14.2 Å². The summed E-state index contributed by atoms with van der Waals surface area (Å²) in [4.78, 5) is 0. The molecule has 1 aromatic rings. The fourth-order valence-electron chi connectivity index (χ4n) is 1.47. The largest absolute Gasteiger partial charge is 0.475 e. The zero-order chi connectivity index (χ0) is 15.2. The Hall–Kier alpha value is -0.520. The van der Waals surface area contributed by atoms with E-state index in [0.29, 0.717) is 5.56 Å². The first-order chi connectivity index (χ1) is 9.44. The third-order valence-corrected chi connectivity index (χ3v) is 6.08. The van der Waals surface area contributed by atoms with Crippen molar-refractivity contribution in [2.75, 3.05) is 28.4 Å². The molecule has 0 spiro atoms. The molecule has 1 unspecified atom stereocenters. The van der Waals surface area contributed by atoms with Gasteiger partial charge >= 0.3 is 15.4 Å². The van der Waals surface area contributed by atoms with Gasteiger partial charge in [0.05, 0.1) is 0 Å². The molecule has 0 aliphatic heterocycles. The Morgan fingerprint density at radius 2 is 1.35 bits per heavy atom. The standard InChI is InChI=1S/C11H18O7P2/c1-14-19(12,15-2)11(10-8-6-5-7-9-10)18-20(13,16-3)17-4/h5-9,11H,1-4H3. The quantitative estimate of drug-likeness (QED) is 0.676. The molecular weight excluding hydrogens is 306 g/mol. The number of phosphoric acid groups is 1. The van der Waals surface area contributed by atoms with E-state index in [-0.39, 0.29) is 0 Å². The van der Waals surface area contributed by atoms with Crippen LogP contribution in [-0.2, 0) is 31.7 Å². The Labute approximate surface area is 118 Å². The van der Waals surface area contributed by atoms with Crippen molar-refractivity contribution in [3.8, 4) is 0 Å². The van der Waals surface area contributed by atoms with Crippen LogP contribution in [0.25, 0.3) is 0 Å². The molecule has 0 aromatic heterocycles. The van der Waals surface area contributed by atoms with Crippen molar-refractivity contribution in [3.63, 3.8) is 0 Å². The van der Waals surface area contributed by atoms with Gasteiger partial charge in [-0.15, -0.1) is 0 Å². The molecule has 0 saturated heterocycles. The third-order valence-electron chi connectivity index (χ3n) is 2.56. The average molecular weight is 324 g/mol. The van der Waals surface area contributed by atoms with E-state index in [1.165, 1.54) is 14.2 Å². The van der Waals surface area contributed by atoms with Crippen molar-refractivity contribution in [2.45, 2.75) is 5.85 Å². The van der Waals surface area contributed by atoms with Crippen LogP contribution in [-0.4, -0.2) is 28.4 Å². The van der Waals surface area contributed by atoms with Crippen molar-refractivity contribution >= 4 is 15.4 Å². The van der Waals surface area contributed by atoms with Gasteiger partial charge in [-0.25, -0.2) is 4.57 Å². The lowest BCUT2D eigenvalue weighted by Crippen LogP contribution is -2.08. The average Bonchev–Trinajstić information content (AvgIpc) is 2.52. The van der Waals surface area contributed by atoms with E-state index in [1.54, 1.807) is 30.3 Å². The van der Waals surface area contributed by atoms with Gasteiger partial charge in [0.15, 0.2) is 5.85 Å². The monoisotopic (exact) mass is 324 g/mol. The molecular formula is C11H18O7P2. The predicted octanol–water partition coefficient (Wildman–Crippen LogP) is 3.59. The van der Waals surface area contributed by atoms with Crippen LogP contribution in [0.1, 0.15) is 11.4 Å². The Kier molecular flexibility index (Phi) is 6.55. The number of rotatable bonds is 8. The molecule has 0 aliphatic rings. The van der Waals surface area contributed by atoms with E-state index >= 15 is 0 Å². The number of hydrogen-bond acceptors (Lipinski definition) is 7. The van der Waals surface area contributed by atoms with Gasteiger partial charge in [-0.2, -0.15) is 0 Å². The lowest BCUT2D eigenvalue weighted by atomic mass is 10.2. The highest BCUT2D eigenvalue weighted by atomic mass is 31.2. The highest BCUT2D eigenvalue weighted by molar-refractivity contribution is 7.55. The Morgan fingerprint density at radius 1 is 0.850 bits per heavy atom. The first kappa shape index (κ1) is 17.5. The summed E-state index contributed by atoms with van der Waals surface area (Å²) < 4.78 is 49.2. The number of benzene rings is 1. The van der Waals surface area contributed by atoms with Gasteiger partial charge in [-0.05, 0) is 5.56 Å². The molecule has 1 atom stereocenters. The minimum Gasteiger partial charge on any atom is -0.310 e. The lowest BCUT2D eigenvalue weighted by molar-refractivity contribution is 0.116. The van der Waals surface area contributed by atoms with Gasteiger partial charge in [-0.1, -0.05) is 30.3 Å². The lowest BCUT2D eigenvalue weighted by Gasteiger charge is -2.26. The van der Waals surface area contributed by atoms with Gasteiger partial charge in [0, 0.05) is 28.4 Å². The second-order valence-electron chi connectivity index (χ2n) is 3.59. The minimum atomic E-state index is -3.86. The van der Waals surface area contributed by atoms with Crippen LogP contribution in [0, 0.1) is 0 Å². The van der Waals surface area contributed by atoms with Crippen LogP contribution in [0.3, 0.4) is 0 Å². The molecule has 0 radical (unpaired) electrons. The molecule has 0 amide bonds. The van der Waals surface area contributed by atoms with E-state index in [9.17, 15) is 9.13 Å². The molecule has 0 fully saturated rings. The topological polar surface area (TPSA) is 80.3 Å². The fourth-order valence-corrected chi connectivity index (χ4v) is 4.03. The maximum atomic E-state index is 12.6. The maximum absolute atomic E-state index is 12.6. The van der Waals surface area contributed by atoms with Gasteiger partial charge in [-0.3, -0.25) is 18.1 Å². The first-order valence-corrected chi connectivity index (χ1v) is 8.68. The van der Waals surface area contributed by atoms with Crippen molar-refractivity contribution in [3.05, 3.63) is 35.9 Å². The van der Waals surface area contributed by atoms with Crippen LogP contribution in [0.5, 0.6) is 0 Å². The van der Waals surface area contributed by atoms with Crippen molar-refractivity contribution in [2.24, 2.45) is 0 Å². The maximum Gasteiger partial charge on any atom is 0.475 e. The fraction of sp³-hybridized carbons (Fsp3) is 0.455. The second-order valence-corrected chi connectivity index (χ2v) is 7.70. The third kappa shape index (κ3) is 3.99. The molecule has 1 rings (SSSR count). The normalized spacial score (nSPS) is 14.2. The van der Waals surface area contributed by atoms with Crippen molar-refractivity contribution < 1.29 is 31.7 Å². The van der Waals surface area contributed by atoms with E-state index < -0.39 is 21.3 Å². The molecule has 0 saturated carbocycles. The molecule has 9 heteroatoms. The highest BCUT2D eigenvalue weighted by Gasteiger charge is 2.42. The van der Waals surface area contributed by atoms with Crippen LogP contribution in [0.2, 0.25) is 0 Å². The Morgan fingerprint density at radius 3 is 1.75 bits per heavy atom. The van der Waals surface area contributed by atoms with Crippen LogP contribution >= 0.6 is 15.4 Å². The summed E-state index contributed by atoms with van der Waals surface area (Å²) in [7, 11) is -2.79. The number of hydrogen-bond donors (Lipinski definition) is 0. The zero-order valence-corrected chi connectivity index (χ0v) is 13.5. The Balaban J connectivity index is 3.22. The summed E-state index contributed by atoms with van der Waals surface area (Å²) in [5.74, 6) is -1.23. The van der Waals surface area contributed by atoms with Crippen molar-refractivity contribution in [1.29, 1.82) is 0 Å². The van der Waals surface area contributed by atoms with Crippen LogP contribution < -0.4 is 0 Å². The minimum absolute atomic E-state index is 0.467. The summed E-state index contributed by atoms with van der Waals surface area (Å²) in [6.07, 6.45) is 0. The van der Waals surface area contributed by atoms with E-state index in [1.807, 2.05) is 0 Å². The van der Waals surface area contributed by atoms with E-state index in [2.05, 4.69) is 0 Å². The highest BCUT2D eigenvalue weighted by Crippen LogP contribution is 2.66. The first-order valence-electron chi connectivity index (χ1n) is 5.60. The zero-order valence-electron chi connectivity index (χ0n) is 11.7. The van der Waals surface area contributed by atoms with E-state index in [4.69, 9.17) is 22.6 Å². The molecule has 0 N–H and O–H groups in total. The molecule has 0 heterocycles. The van der Waals surface area contributed by atoms with Crippen LogP contribution in [0.4, 0.5) is 0 Å². The molecule has 0 aliphatic carbocycles. The van der Waals surface area contributed by atoms with Crippen LogP contribution in [0.15, 0.2) is 30.3 Å². The molecule has 1 aromatic carbocycles. The summed E-state index contributed by atoms with van der Waals surface area (Å²) >= 11 is 0. The molecule has 7 nitrogen and oxygen atoms in total. The predicted molar refractivity (Wildman–Crippen MR) is 73.5 cm³/mol. The van der Waals surface area contributed by atoms with Gasteiger partial charge in [0.2, 0.25) is 0 Å². The van der Waals surface area contributed by atoms with Gasteiger partial charge < -0.3 is 9.05 Å². The second kappa shape index (κ2) is 7.48. The summed E-state index contributed by atoms with van der Waals surface area (Å²) in [5, 5.41) is 0. The smallest absolute Gasteiger partial charge is 0.310 e. The van der Waals surface area contributed by atoms with Gasteiger partial charge in [0.1, 0.15) is 0 Å². The number of phosphoric ester groups is 1. The SMILES string of the molecule is COP(=O)(OC)OC(c1ccccc1)P(=O)(OC)OC. The summed E-state index contributed by atoms with van der Waals surface area (Å²) in [6, 6.07) is 8.49. The molecule has 0 bridgehead atoms.